The van der Waals surface area contributed by atoms with Crippen LogP contribution in [0, 0.1) is 5.92 Å². The molecule has 0 aliphatic rings. The van der Waals surface area contributed by atoms with E-state index in [0.717, 1.165) is 0 Å². The monoisotopic (exact) mass is 268 g/mol. The third kappa shape index (κ3) is 5.72. The van der Waals surface area contributed by atoms with Crippen molar-refractivity contribution in [1.82, 2.24) is 20.8 Å². The van der Waals surface area contributed by atoms with E-state index < -0.39 is 0 Å². The molecule has 0 aliphatic carbocycles. The molecule has 6 heteroatoms. The summed E-state index contributed by atoms with van der Waals surface area (Å²) in [5, 5.41) is 9.44. The zero-order valence-corrected chi connectivity index (χ0v) is 12.4. The first-order chi connectivity index (χ1) is 8.79. The van der Waals surface area contributed by atoms with E-state index in [0.29, 0.717) is 37.1 Å². The largest absolute Gasteiger partial charge is 0.339 e. The van der Waals surface area contributed by atoms with Gasteiger partial charge in [0.15, 0.2) is 5.82 Å². The van der Waals surface area contributed by atoms with Crippen molar-refractivity contribution < 1.29 is 9.32 Å². The molecule has 0 spiro atoms. The maximum atomic E-state index is 11.4. The van der Waals surface area contributed by atoms with Crippen LogP contribution in [0.25, 0.3) is 0 Å². The van der Waals surface area contributed by atoms with Crippen molar-refractivity contribution in [2.24, 2.45) is 5.92 Å². The SMILES string of the molecule is CC(C)CNC(=O)NCCc1noc(C(C)(C)C)n1. The average molecular weight is 268 g/mol. The first kappa shape index (κ1) is 15.5. The van der Waals surface area contributed by atoms with Crippen LogP contribution < -0.4 is 10.6 Å². The quantitative estimate of drug-likeness (QED) is 0.854. The standard InChI is InChI=1S/C13H24N4O2/c1-9(2)8-15-12(18)14-7-6-10-16-11(19-17-10)13(3,4)5/h9H,6-8H2,1-5H3,(H2,14,15,18). The summed E-state index contributed by atoms with van der Waals surface area (Å²) in [5.41, 5.74) is -0.146. The number of carbonyl (C=O) groups excluding carboxylic acids is 1. The van der Waals surface area contributed by atoms with E-state index in [9.17, 15) is 4.79 Å². The zero-order valence-electron chi connectivity index (χ0n) is 12.4. The molecular weight excluding hydrogens is 244 g/mol. The van der Waals surface area contributed by atoms with Crippen LogP contribution in [0.3, 0.4) is 0 Å². The number of rotatable bonds is 5. The lowest BCUT2D eigenvalue weighted by Gasteiger charge is -2.10. The number of hydrogen-bond acceptors (Lipinski definition) is 4. The molecule has 0 unspecified atom stereocenters. The van der Waals surface area contributed by atoms with Crippen molar-refractivity contribution in [3.63, 3.8) is 0 Å². The summed E-state index contributed by atoms with van der Waals surface area (Å²) in [6, 6.07) is -0.159. The van der Waals surface area contributed by atoms with Crippen molar-refractivity contribution >= 4 is 6.03 Å². The topological polar surface area (TPSA) is 80.0 Å². The van der Waals surface area contributed by atoms with Crippen LogP contribution in [0.2, 0.25) is 0 Å². The minimum Gasteiger partial charge on any atom is -0.339 e. The Hall–Kier alpha value is -1.59. The highest BCUT2D eigenvalue weighted by Gasteiger charge is 2.21. The van der Waals surface area contributed by atoms with E-state index in [1.54, 1.807) is 0 Å². The highest BCUT2D eigenvalue weighted by molar-refractivity contribution is 5.73. The maximum Gasteiger partial charge on any atom is 0.314 e. The van der Waals surface area contributed by atoms with Gasteiger partial charge in [0.25, 0.3) is 0 Å². The van der Waals surface area contributed by atoms with Gasteiger partial charge in [0, 0.05) is 24.9 Å². The molecule has 2 N–H and O–H groups in total. The first-order valence-electron chi connectivity index (χ1n) is 6.64. The van der Waals surface area contributed by atoms with Crippen molar-refractivity contribution in [3.05, 3.63) is 11.7 Å². The van der Waals surface area contributed by atoms with Crippen molar-refractivity contribution in [1.29, 1.82) is 0 Å². The fourth-order valence-electron chi connectivity index (χ4n) is 1.31. The van der Waals surface area contributed by atoms with Gasteiger partial charge in [-0.2, -0.15) is 4.98 Å². The zero-order chi connectivity index (χ0) is 14.5. The number of hydrogen-bond donors (Lipinski definition) is 2. The molecule has 0 atom stereocenters. The molecule has 1 aromatic heterocycles. The van der Waals surface area contributed by atoms with Crippen LogP contribution in [0.15, 0.2) is 4.52 Å². The first-order valence-corrected chi connectivity index (χ1v) is 6.64. The number of amides is 2. The lowest BCUT2D eigenvalue weighted by molar-refractivity contribution is 0.239. The van der Waals surface area contributed by atoms with Crippen molar-refractivity contribution in [3.8, 4) is 0 Å². The van der Waals surface area contributed by atoms with Gasteiger partial charge in [-0.05, 0) is 5.92 Å². The minimum absolute atomic E-state index is 0.146. The highest BCUT2D eigenvalue weighted by atomic mass is 16.5. The molecule has 0 saturated heterocycles. The highest BCUT2D eigenvalue weighted by Crippen LogP contribution is 2.19. The van der Waals surface area contributed by atoms with Gasteiger partial charge in [0.2, 0.25) is 5.89 Å². The number of aromatic nitrogens is 2. The van der Waals surface area contributed by atoms with E-state index in [4.69, 9.17) is 4.52 Å². The number of urea groups is 1. The second kappa shape index (κ2) is 6.54. The summed E-state index contributed by atoms with van der Waals surface area (Å²) in [7, 11) is 0. The van der Waals surface area contributed by atoms with Gasteiger partial charge in [-0.15, -0.1) is 0 Å². The summed E-state index contributed by atoms with van der Waals surface area (Å²) < 4.78 is 5.18. The molecule has 19 heavy (non-hydrogen) atoms. The van der Waals surface area contributed by atoms with Gasteiger partial charge in [0.1, 0.15) is 0 Å². The molecule has 0 fully saturated rings. The molecule has 0 bridgehead atoms. The molecule has 6 nitrogen and oxygen atoms in total. The molecule has 1 rings (SSSR count). The van der Waals surface area contributed by atoms with Gasteiger partial charge in [-0.25, -0.2) is 4.79 Å². The van der Waals surface area contributed by atoms with E-state index in [1.807, 2.05) is 34.6 Å². The van der Waals surface area contributed by atoms with Crippen molar-refractivity contribution in [2.45, 2.75) is 46.5 Å². The minimum atomic E-state index is -0.159. The van der Waals surface area contributed by atoms with Crippen LogP contribution in [0.4, 0.5) is 4.79 Å². The van der Waals surface area contributed by atoms with E-state index in [-0.39, 0.29) is 11.4 Å². The predicted molar refractivity (Wildman–Crippen MR) is 72.9 cm³/mol. The van der Waals surface area contributed by atoms with Gasteiger partial charge >= 0.3 is 6.03 Å². The molecule has 0 radical (unpaired) electrons. The third-order valence-corrected chi connectivity index (χ3v) is 2.41. The van der Waals surface area contributed by atoms with Gasteiger partial charge in [-0.1, -0.05) is 39.8 Å². The van der Waals surface area contributed by atoms with Gasteiger partial charge in [-0.3, -0.25) is 0 Å². The average Bonchev–Trinajstić information content (AvgIpc) is 2.74. The Morgan fingerprint density at radius 3 is 2.53 bits per heavy atom. The summed E-state index contributed by atoms with van der Waals surface area (Å²) in [5.74, 6) is 1.68. The van der Waals surface area contributed by atoms with E-state index in [2.05, 4.69) is 20.8 Å². The number of nitrogens with zero attached hydrogens (tertiary/aromatic N) is 2. The second-order valence-corrected chi connectivity index (χ2v) is 6.05. The Morgan fingerprint density at radius 2 is 2.00 bits per heavy atom. The molecule has 1 aromatic rings. The number of nitrogens with one attached hydrogen (secondary N) is 2. The Morgan fingerprint density at radius 1 is 1.32 bits per heavy atom. The second-order valence-electron chi connectivity index (χ2n) is 6.05. The van der Waals surface area contributed by atoms with Crippen LogP contribution in [0.5, 0.6) is 0 Å². The van der Waals surface area contributed by atoms with Crippen molar-refractivity contribution in [2.75, 3.05) is 13.1 Å². The lowest BCUT2D eigenvalue weighted by atomic mass is 9.97. The fourth-order valence-corrected chi connectivity index (χ4v) is 1.31. The van der Waals surface area contributed by atoms with E-state index in [1.165, 1.54) is 0 Å². The third-order valence-electron chi connectivity index (χ3n) is 2.41. The van der Waals surface area contributed by atoms with E-state index >= 15 is 0 Å². The summed E-state index contributed by atoms with van der Waals surface area (Å²) in [6.07, 6.45) is 0.564. The Labute approximate surface area is 114 Å². The molecule has 0 aromatic carbocycles. The predicted octanol–water partition coefficient (Wildman–Crippen LogP) is 1.86. The Kier molecular flexibility index (Phi) is 5.32. The fraction of sp³-hybridized carbons (Fsp3) is 0.769. The summed E-state index contributed by atoms with van der Waals surface area (Å²) >= 11 is 0. The normalized spacial score (nSPS) is 11.7. The molecule has 1 heterocycles. The van der Waals surface area contributed by atoms with Crippen LogP contribution in [-0.2, 0) is 11.8 Å². The molecule has 2 amide bonds. The molecule has 0 aliphatic heterocycles. The molecular formula is C13H24N4O2. The summed E-state index contributed by atoms with van der Waals surface area (Å²) in [6.45, 7) is 11.3. The molecule has 0 saturated carbocycles. The number of carbonyl (C=O) groups is 1. The lowest BCUT2D eigenvalue weighted by Crippen LogP contribution is -2.38. The van der Waals surface area contributed by atoms with Crippen LogP contribution >= 0.6 is 0 Å². The Balaban J connectivity index is 2.30. The molecule has 108 valence electrons. The van der Waals surface area contributed by atoms with Crippen LogP contribution in [0.1, 0.15) is 46.3 Å². The smallest absolute Gasteiger partial charge is 0.314 e. The Bertz CT molecular complexity index is 407. The summed E-state index contributed by atoms with van der Waals surface area (Å²) in [4.78, 5) is 15.7. The van der Waals surface area contributed by atoms with Gasteiger partial charge < -0.3 is 15.2 Å². The maximum absolute atomic E-state index is 11.4. The van der Waals surface area contributed by atoms with Gasteiger partial charge in [0.05, 0.1) is 0 Å². The van der Waals surface area contributed by atoms with Crippen LogP contribution in [-0.4, -0.2) is 29.3 Å².